The molecule has 1 aromatic carbocycles. The number of benzene rings is 1. The van der Waals surface area contributed by atoms with E-state index >= 15 is 0 Å². The summed E-state index contributed by atoms with van der Waals surface area (Å²) in [6.07, 6.45) is 7.57. The summed E-state index contributed by atoms with van der Waals surface area (Å²) in [5.74, 6) is 2.57. The van der Waals surface area contributed by atoms with Crippen molar-refractivity contribution in [2.24, 2.45) is 0 Å². The van der Waals surface area contributed by atoms with Gasteiger partial charge < -0.3 is 5.32 Å². The quantitative estimate of drug-likeness (QED) is 0.567. The van der Waals surface area contributed by atoms with Gasteiger partial charge in [-0.3, -0.25) is 0 Å². The Balaban J connectivity index is 2.58. The maximum atomic E-state index is 11.8. The number of anilines is 1. The third kappa shape index (κ3) is 5.33. The van der Waals surface area contributed by atoms with Crippen LogP contribution in [0.4, 0.5) is 5.69 Å². The lowest BCUT2D eigenvalue weighted by Crippen LogP contribution is -2.24. The maximum absolute atomic E-state index is 11.8. The Hall–Kier alpha value is -1.51. The van der Waals surface area contributed by atoms with Crippen molar-refractivity contribution in [3.05, 3.63) is 24.3 Å². The molecule has 0 aliphatic heterocycles. The van der Waals surface area contributed by atoms with Gasteiger partial charge >= 0.3 is 0 Å². The fourth-order valence-electron chi connectivity index (χ4n) is 1.49. The lowest BCUT2D eigenvalue weighted by Gasteiger charge is -2.08. The van der Waals surface area contributed by atoms with Gasteiger partial charge in [-0.05, 0) is 37.1 Å². The average Bonchev–Trinajstić information content (AvgIpc) is 2.42. The van der Waals surface area contributed by atoms with Crippen LogP contribution in [0.5, 0.6) is 0 Å². The van der Waals surface area contributed by atoms with Crippen LogP contribution in [0.1, 0.15) is 26.2 Å². The van der Waals surface area contributed by atoms with Crippen molar-refractivity contribution in [3.8, 4) is 12.3 Å². The molecule has 5 heteroatoms. The Bertz CT molecular complexity index is 515. The molecule has 0 spiro atoms. The van der Waals surface area contributed by atoms with Gasteiger partial charge in [0.2, 0.25) is 10.0 Å². The second-order valence-corrected chi connectivity index (χ2v) is 5.92. The molecule has 0 atom stereocenters. The minimum atomic E-state index is -3.37. The molecule has 1 rings (SSSR count). The minimum absolute atomic E-state index is 0.287. The zero-order valence-corrected chi connectivity index (χ0v) is 12.0. The zero-order chi connectivity index (χ0) is 14.1. The van der Waals surface area contributed by atoms with E-state index in [1.807, 2.05) is 6.92 Å². The molecule has 0 heterocycles. The van der Waals surface area contributed by atoms with Crippen LogP contribution in [0, 0.1) is 12.3 Å². The molecular formula is C14H20N2O2S. The smallest absolute Gasteiger partial charge is 0.240 e. The van der Waals surface area contributed by atoms with Crippen molar-refractivity contribution >= 4 is 15.7 Å². The molecule has 19 heavy (non-hydrogen) atoms. The Morgan fingerprint density at radius 2 is 1.89 bits per heavy atom. The van der Waals surface area contributed by atoms with Crippen molar-refractivity contribution in [2.45, 2.75) is 31.1 Å². The maximum Gasteiger partial charge on any atom is 0.240 e. The van der Waals surface area contributed by atoms with Crippen LogP contribution in [0.25, 0.3) is 0 Å². The third-order valence-corrected chi connectivity index (χ3v) is 4.01. The molecule has 0 saturated carbocycles. The van der Waals surface area contributed by atoms with Gasteiger partial charge in [-0.15, -0.1) is 12.3 Å². The largest absolute Gasteiger partial charge is 0.385 e. The molecule has 0 aromatic heterocycles. The van der Waals surface area contributed by atoms with E-state index in [0.717, 1.165) is 31.5 Å². The number of sulfonamides is 1. The molecule has 0 radical (unpaired) electrons. The first-order chi connectivity index (χ1) is 9.10. The summed E-state index contributed by atoms with van der Waals surface area (Å²) in [6.45, 7) is 3.16. The average molecular weight is 280 g/mol. The summed E-state index contributed by atoms with van der Waals surface area (Å²) in [4.78, 5) is 0.287. The summed E-state index contributed by atoms with van der Waals surface area (Å²) >= 11 is 0. The van der Waals surface area contributed by atoms with Crippen LogP contribution in [-0.2, 0) is 10.0 Å². The van der Waals surface area contributed by atoms with Gasteiger partial charge in [-0.2, -0.15) is 0 Å². The molecule has 0 aliphatic carbocycles. The topological polar surface area (TPSA) is 58.2 Å². The first kappa shape index (κ1) is 15.5. The van der Waals surface area contributed by atoms with E-state index in [0.29, 0.717) is 6.54 Å². The van der Waals surface area contributed by atoms with E-state index in [4.69, 9.17) is 6.42 Å². The van der Waals surface area contributed by atoms with Crippen molar-refractivity contribution in [2.75, 3.05) is 18.4 Å². The standard InChI is InChI=1S/C14H20N2O2S/c1-3-5-6-12-15-13-7-9-14(10-8-13)19(17,18)16-11-4-2/h1,7-10,15-16H,4-6,11-12H2,2H3. The Kier molecular flexibility index (Phi) is 6.40. The monoisotopic (exact) mass is 280 g/mol. The van der Waals surface area contributed by atoms with Gasteiger partial charge in [-0.1, -0.05) is 6.92 Å². The fourth-order valence-corrected chi connectivity index (χ4v) is 2.63. The van der Waals surface area contributed by atoms with E-state index in [2.05, 4.69) is 16.0 Å². The lowest BCUT2D eigenvalue weighted by molar-refractivity contribution is 0.581. The highest BCUT2D eigenvalue weighted by Crippen LogP contribution is 2.14. The van der Waals surface area contributed by atoms with E-state index < -0.39 is 10.0 Å². The highest BCUT2D eigenvalue weighted by molar-refractivity contribution is 7.89. The normalized spacial score (nSPS) is 10.9. The molecule has 1 aromatic rings. The van der Waals surface area contributed by atoms with Gasteiger partial charge in [0.25, 0.3) is 0 Å². The second-order valence-electron chi connectivity index (χ2n) is 4.16. The summed E-state index contributed by atoms with van der Waals surface area (Å²) in [5.41, 5.74) is 0.895. The number of unbranched alkanes of at least 4 members (excludes halogenated alkanes) is 1. The molecule has 2 N–H and O–H groups in total. The van der Waals surface area contributed by atoms with E-state index in [1.54, 1.807) is 24.3 Å². The molecule has 0 saturated heterocycles. The Labute approximate surface area is 115 Å². The van der Waals surface area contributed by atoms with Crippen molar-refractivity contribution < 1.29 is 8.42 Å². The molecular weight excluding hydrogens is 260 g/mol. The molecule has 0 bridgehead atoms. The second kappa shape index (κ2) is 7.82. The van der Waals surface area contributed by atoms with Gasteiger partial charge in [0, 0.05) is 25.2 Å². The van der Waals surface area contributed by atoms with Gasteiger partial charge in [0.15, 0.2) is 0 Å². The van der Waals surface area contributed by atoms with Crippen LogP contribution in [0.2, 0.25) is 0 Å². The van der Waals surface area contributed by atoms with Crippen LogP contribution >= 0.6 is 0 Å². The van der Waals surface area contributed by atoms with Crippen LogP contribution < -0.4 is 10.0 Å². The molecule has 0 amide bonds. The third-order valence-electron chi connectivity index (χ3n) is 2.53. The van der Waals surface area contributed by atoms with Gasteiger partial charge in [0.1, 0.15) is 0 Å². The molecule has 0 aliphatic rings. The highest BCUT2D eigenvalue weighted by atomic mass is 32.2. The summed E-state index contributed by atoms with van der Waals surface area (Å²) in [7, 11) is -3.37. The first-order valence-electron chi connectivity index (χ1n) is 6.37. The number of hydrogen-bond donors (Lipinski definition) is 2. The first-order valence-corrected chi connectivity index (χ1v) is 7.85. The Morgan fingerprint density at radius 1 is 1.21 bits per heavy atom. The molecule has 104 valence electrons. The highest BCUT2D eigenvalue weighted by Gasteiger charge is 2.12. The van der Waals surface area contributed by atoms with E-state index in [1.165, 1.54) is 0 Å². The SMILES string of the molecule is C#CCCCNc1ccc(S(=O)(=O)NCCC)cc1. The van der Waals surface area contributed by atoms with E-state index in [-0.39, 0.29) is 4.90 Å². The van der Waals surface area contributed by atoms with Crippen LogP contribution in [-0.4, -0.2) is 21.5 Å². The zero-order valence-electron chi connectivity index (χ0n) is 11.1. The van der Waals surface area contributed by atoms with Crippen molar-refractivity contribution in [1.29, 1.82) is 0 Å². The number of hydrogen-bond acceptors (Lipinski definition) is 3. The summed E-state index contributed by atoms with van der Waals surface area (Å²) in [6, 6.07) is 6.72. The van der Waals surface area contributed by atoms with Gasteiger partial charge in [0.05, 0.1) is 4.90 Å². The molecule has 0 unspecified atom stereocenters. The summed E-state index contributed by atoms with van der Waals surface area (Å²) < 4.78 is 26.2. The number of nitrogens with one attached hydrogen (secondary N) is 2. The van der Waals surface area contributed by atoms with Crippen molar-refractivity contribution in [1.82, 2.24) is 4.72 Å². The summed E-state index contributed by atoms with van der Waals surface area (Å²) in [5, 5.41) is 3.19. The van der Waals surface area contributed by atoms with Gasteiger partial charge in [-0.25, -0.2) is 13.1 Å². The van der Waals surface area contributed by atoms with E-state index in [9.17, 15) is 8.42 Å². The predicted octanol–water partition coefficient (Wildman–Crippen LogP) is 2.20. The fraction of sp³-hybridized carbons (Fsp3) is 0.429. The Morgan fingerprint density at radius 3 is 2.47 bits per heavy atom. The number of terminal acetylenes is 1. The molecule has 4 nitrogen and oxygen atoms in total. The lowest BCUT2D eigenvalue weighted by atomic mass is 10.3. The number of rotatable bonds is 8. The minimum Gasteiger partial charge on any atom is -0.385 e. The van der Waals surface area contributed by atoms with Crippen LogP contribution in [0.15, 0.2) is 29.2 Å². The van der Waals surface area contributed by atoms with Crippen molar-refractivity contribution in [3.63, 3.8) is 0 Å². The van der Waals surface area contributed by atoms with Crippen LogP contribution in [0.3, 0.4) is 0 Å². The predicted molar refractivity (Wildman–Crippen MR) is 78.5 cm³/mol. The molecule has 0 fully saturated rings.